The second-order valence-electron chi connectivity index (χ2n) is 3.35. The van der Waals surface area contributed by atoms with Crippen molar-refractivity contribution in [1.29, 1.82) is 0 Å². The quantitative estimate of drug-likeness (QED) is 0.740. The smallest absolute Gasteiger partial charge is 0.285 e. The maximum atomic E-state index is 11.7. The van der Waals surface area contributed by atoms with Crippen LogP contribution in [0.3, 0.4) is 0 Å². The van der Waals surface area contributed by atoms with Crippen molar-refractivity contribution in [2.45, 2.75) is 37.6 Å². The van der Waals surface area contributed by atoms with E-state index in [1.165, 1.54) is 0 Å². The maximum absolute atomic E-state index is 11.7. The molecule has 0 aromatic rings. The van der Waals surface area contributed by atoms with E-state index < -0.39 is 33.9 Å². The van der Waals surface area contributed by atoms with Gasteiger partial charge in [-0.1, -0.05) is 0 Å². The highest BCUT2D eigenvalue weighted by Crippen LogP contribution is 2.29. The number of hydrogen-bond donors (Lipinski definition) is 1. The van der Waals surface area contributed by atoms with Crippen LogP contribution in [-0.4, -0.2) is 23.9 Å². The summed E-state index contributed by atoms with van der Waals surface area (Å²) in [6.45, 7) is 2.10. The molecule has 0 atom stereocenters. The SMILES string of the molecule is CC(C)(CCC(F)(F)F)S(=O)(=O)O. The van der Waals surface area contributed by atoms with E-state index in [1.807, 2.05) is 0 Å². The Labute approximate surface area is 74.7 Å². The second kappa shape index (κ2) is 3.45. The third-order valence-corrected chi connectivity index (χ3v) is 3.31. The Morgan fingerprint density at radius 1 is 1.15 bits per heavy atom. The van der Waals surface area contributed by atoms with Gasteiger partial charge in [0.15, 0.2) is 0 Å². The van der Waals surface area contributed by atoms with Crippen molar-refractivity contribution in [2.75, 3.05) is 0 Å². The summed E-state index contributed by atoms with van der Waals surface area (Å²) >= 11 is 0. The summed E-state index contributed by atoms with van der Waals surface area (Å²) in [5.74, 6) is 0. The van der Waals surface area contributed by atoms with Gasteiger partial charge in [-0.25, -0.2) is 0 Å². The first-order chi connectivity index (χ1) is 5.46. The van der Waals surface area contributed by atoms with E-state index in [0.29, 0.717) is 0 Å². The molecule has 0 aliphatic carbocycles. The van der Waals surface area contributed by atoms with E-state index >= 15 is 0 Å². The Bertz CT molecular complexity index is 265. The van der Waals surface area contributed by atoms with Gasteiger partial charge in [0, 0.05) is 6.42 Å². The van der Waals surface area contributed by atoms with Gasteiger partial charge >= 0.3 is 6.18 Å². The van der Waals surface area contributed by atoms with Crippen LogP contribution in [0.5, 0.6) is 0 Å². The number of alkyl halides is 3. The summed E-state index contributed by atoms with van der Waals surface area (Å²) in [6, 6.07) is 0. The first-order valence-electron chi connectivity index (χ1n) is 3.49. The minimum absolute atomic E-state index is 0.644. The largest absolute Gasteiger partial charge is 0.389 e. The van der Waals surface area contributed by atoms with Gasteiger partial charge in [0.2, 0.25) is 0 Å². The van der Waals surface area contributed by atoms with Crippen molar-refractivity contribution in [3.8, 4) is 0 Å². The van der Waals surface area contributed by atoms with Crippen LogP contribution in [0, 0.1) is 0 Å². The first-order valence-corrected chi connectivity index (χ1v) is 4.93. The molecule has 0 saturated heterocycles. The van der Waals surface area contributed by atoms with Crippen LogP contribution in [0.1, 0.15) is 26.7 Å². The Kier molecular flexibility index (Phi) is 3.37. The molecule has 0 bridgehead atoms. The predicted molar refractivity (Wildman–Crippen MR) is 40.9 cm³/mol. The van der Waals surface area contributed by atoms with Crippen molar-refractivity contribution in [3.63, 3.8) is 0 Å². The van der Waals surface area contributed by atoms with Crippen molar-refractivity contribution < 1.29 is 26.1 Å². The second-order valence-corrected chi connectivity index (χ2v) is 5.41. The van der Waals surface area contributed by atoms with E-state index in [4.69, 9.17) is 4.55 Å². The van der Waals surface area contributed by atoms with Gasteiger partial charge in [-0.15, -0.1) is 0 Å². The van der Waals surface area contributed by atoms with Crippen LogP contribution in [-0.2, 0) is 10.1 Å². The molecule has 0 fully saturated rings. The molecular formula is C6H11F3O3S. The van der Waals surface area contributed by atoms with Crippen molar-refractivity contribution in [2.24, 2.45) is 0 Å². The lowest BCUT2D eigenvalue weighted by Gasteiger charge is -2.21. The molecule has 0 spiro atoms. The highest BCUT2D eigenvalue weighted by Gasteiger charge is 2.37. The van der Waals surface area contributed by atoms with E-state index in [1.54, 1.807) is 0 Å². The summed E-state index contributed by atoms with van der Waals surface area (Å²) in [7, 11) is -4.42. The molecule has 0 unspecified atom stereocenters. The molecule has 0 aliphatic heterocycles. The predicted octanol–water partition coefficient (Wildman–Crippen LogP) is 2.00. The lowest BCUT2D eigenvalue weighted by Crippen LogP contribution is -2.32. The molecule has 7 heteroatoms. The van der Waals surface area contributed by atoms with E-state index in [-0.39, 0.29) is 0 Å². The molecule has 0 saturated carbocycles. The number of hydrogen-bond acceptors (Lipinski definition) is 2. The Morgan fingerprint density at radius 3 is 1.77 bits per heavy atom. The summed E-state index contributed by atoms with van der Waals surface area (Å²) in [6.07, 6.45) is -6.27. The van der Waals surface area contributed by atoms with Crippen molar-refractivity contribution in [1.82, 2.24) is 0 Å². The van der Waals surface area contributed by atoms with Gasteiger partial charge in [0.25, 0.3) is 10.1 Å². The standard InChI is InChI=1S/C6H11F3O3S/c1-5(2,13(10,11)12)3-4-6(7,8)9/h3-4H2,1-2H3,(H,10,11,12). The van der Waals surface area contributed by atoms with E-state index in [9.17, 15) is 21.6 Å². The van der Waals surface area contributed by atoms with Crippen LogP contribution in [0.2, 0.25) is 0 Å². The Hall–Kier alpha value is -0.300. The Morgan fingerprint density at radius 2 is 1.54 bits per heavy atom. The molecule has 0 rings (SSSR count). The molecule has 0 aromatic carbocycles. The van der Waals surface area contributed by atoms with Gasteiger partial charge in [0.1, 0.15) is 0 Å². The third-order valence-electron chi connectivity index (χ3n) is 1.71. The van der Waals surface area contributed by atoms with E-state index in [2.05, 4.69) is 0 Å². The lowest BCUT2D eigenvalue weighted by molar-refractivity contribution is -0.136. The highest BCUT2D eigenvalue weighted by molar-refractivity contribution is 7.87. The third kappa shape index (κ3) is 4.47. The summed E-state index contributed by atoms with van der Waals surface area (Å²) in [5.41, 5.74) is 0. The minimum atomic E-state index is -4.42. The monoisotopic (exact) mass is 220 g/mol. The van der Waals surface area contributed by atoms with Gasteiger partial charge < -0.3 is 0 Å². The number of rotatable bonds is 3. The van der Waals surface area contributed by atoms with Crippen molar-refractivity contribution >= 4 is 10.1 Å². The molecule has 0 aromatic heterocycles. The van der Waals surface area contributed by atoms with Crippen LogP contribution in [0.4, 0.5) is 13.2 Å². The minimum Gasteiger partial charge on any atom is -0.285 e. The molecule has 80 valence electrons. The van der Waals surface area contributed by atoms with Crippen molar-refractivity contribution in [3.05, 3.63) is 0 Å². The molecular weight excluding hydrogens is 209 g/mol. The average Bonchev–Trinajstić information content (AvgIpc) is 1.79. The molecule has 0 heterocycles. The summed E-state index contributed by atoms with van der Waals surface area (Å²) in [5, 5.41) is 0. The summed E-state index contributed by atoms with van der Waals surface area (Å²) < 4.78 is 63.0. The molecule has 3 nitrogen and oxygen atoms in total. The molecule has 1 N–H and O–H groups in total. The fraction of sp³-hybridized carbons (Fsp3) is 1.00. The average molecular weight is 220 g/mol. The molecule has 0 aliphatic rings. The van der Waals surface area contributed by atoms with E-state index in [0.717, 1.165) is 13.8 Å². The van der Waals surface area contributed by atoms with Gasteiger partial charge in [-0.05, 0) is 20.3 Å². The van der Waals surface area contributed by atoms with Gasteiger partial charge in [-0.2, -0.15) is 21.6 Å². The zero-order valence-corrected chi connectivity index (χ0v) is 8.04. The fourth-order valence-electron chi connectivity index (χ4n) is 0.572. The highest BCUT2D eigenvalue weighted by atomic mass is 32.2. The molecule has 13 heavy (non-hydrogen) atoms. The Balaban J connectivity index is 4.38. The fourth-order valence-corrected chi connectivity index (χ4v) is 0.932. The topological polar surface area (TPSA) is 54.4 Å². The van der Waals surface area contributed by atoms with Crippen LogP contribution in [0.25, 0.3) is 0 Å². The zero-order chi connectivity index (χ0) is 10.9. The molecule has 0 amide bonds. The van der Waals surface area contributed by atoms with Crippen LogP contribution >= 0.6 is 0 Å². The maximum Gasteiger partial charge on any atom is 0.389 e. The van der Waals surface area contributed by atoms with Crippen LogP contribution in [0.15, 0.2) is 0 Å². The first kappa shape index (κ1) is 12.7. The summed E-state index contributed by atoms with van der Waals surface area (Å²) in [4.78, 5) is 0. The van der Waals surface area contributed by atoms with Gasteiger partial charge in [0.05, 0.1) is 4.75 Å². The zero-order valence-electron chi connectivity index (χ0n) is 7.22. The van der Waals surface area contributed by atoms with Gasteiger partial charge in [-0.3, -0.25) is 4.55 Å². The van der Waals surface area contributed by atoms with Crippen LogP contribution < -0.4 is 0 Å². The lowest BCUT2D eigenvalue weighted by atomic mass is 10.1. The molecule has 0 radical (unpaired) electrons. The normalized spacial score (nSPS) is 14.6. The number of halogens is 3.